The highest BCUT2D eigenvalue weighted by Gasteiger charge is 2.44. The van der Waals surface area contributed by atoms with E-state index in [1.54, 1.807) is 6.07 Å². The van der Waals surface area contributed by atoms with Crippen LogP contribution in [0, 0.1) is 0 Å². The Morgan fingerprint density at radius 3 is 3.00 bits per heavy atom. The van der Waals surface area contributed by atoms with E-state index in [0.717, 1.165) is 5.56 Å². The lowest BCUT2D eigenvalue weighted by Gasteiger charge is -2.22. The largest absolute Gasteiger partial charge is 0.385 e. The van der Waals surface area contributed by atoms with E-state index in [1.807, 2.05) is 6.07 Å². The fourth-order valence-corrected chi connectivity index (χ4v) is 2.13. The van der Waals surface area contributed by atoms with Crippen molar-refractivity contribution in [3.05, 3.63) is 29.6 Å². The lowest BCUT2D eigenvalue weighted by atomic mass is 10.00. The van der Waals surface area contributed by atoms with E-state index in [1.165, 1.54) is 6.20 Å². The number of aliphatic hydroxyl groups excluding tert-OH is 1. The summed E-state index contributed by atoms with van der Waals surface area (Å²) in [6, 6.07) is 3.59. The number of hydrogen-bond acceptors (Lipinski definition) is 2. The highest BCUT2D eigenvalue weighted by molar-refractivity contribution is 6.22. The summed E-state index contributed by atoms with van der Waals surface area (Å²) in [6.07, 6.45) is 0.805. The predicted molar refractivity (Wildman–Crippen MR) is 52.1 cm³/mol. The van der Waals surface area contributed by atoms with E-state index in [-0.39, 0.29) is 0 Å². The van der Waals surface area contributed by atoms with Crippen LogP contribution in [0.15, 0.2) is 18.3 Å². The molecule has 1 N–H and O–H groups in total. The number of nitrogens with zero attached hydrogens (tertiary/aromatic N) is 1. The monoisotopic (exact) mass is 233 g/mol. The summed E-state index contributed by atoms with van der Waals surface area (Å²) in [6.45, 7) is 0. The summed E-state index contributed by atoms with van der Waals surface area (Å²) in [5.74, 6) is -0.659. The molecule has 0 aromatic carbocycles. The minimum atomic E-state index is -3.59. The molecule has 82 valence electrons. The average molecular weight is 234 g/mol. The molecule has 15 heavy (non-hydrogen) atoms. The Labute approximate surface area is 90.9 Å². The van der Waals surface area contributed by atoms with Gasteiger partial charge in [-0.3, -0.25) is 4.98 Å². The third kappa shape index (κ3) is 1.96. The zero-order chi connectivity index (χ0) is 11.1. The fraction of sp³-hybridized carbons (Fsp3) is 0.500. The van der Waals surface area contributed by atoms with Gasteiger partial charge in [-0.2, -0.15) is 8.78 Å². The van der Waals surface area contributed by atoms with Crippen LogP contribution in [-0.4, -0.2) is 21.6 Å². The van der Waals surface area contributed by atoms with Crippen molar-refractivity contribution >= 4 is 11.6 Å². The maximum atomic E-state index is 12.7. The van der Waals surface area contributed by atoms with Crippen molar-refractivity contribution < 1.29 is 13.9 Å². The van der Waals surface area contributed by atoms with Gasteiger partial charge in [0.05, 0.1) is 0 Å². The Morgan fingerprint density at radius 1 is 1.60 bits per heavy atom. The summed E-state index contributed by atoms with van der Waals surface area (Å²) in [5.41, 5.74) is 1.47. The van der Waals surface area contributed by atoms with Gasteiger partial charge in [0.15, 0.2) is 0 Å². The number of rotatable bonds is 2. The van der Waals surface area contributed by atoms with Crippen LogP contribution >= 0.6 is 11.6 Å². The maximum Gasteiger partial charge on any atom is 0.347 e. The quantitative estimate of drug-likeness (QED) is 0.796. The van der Waals surface area contributed by atoms with Gasteiger partial charge in [-0.1, -0.05) is 6.07 Å². The van der Waals surface area contributed by atoms with Crippen LogP contribution in [0.2, 0.25) is 0 Å². The SMILES string of the molecule is OC(C1CCc2cccnc21)C(F)(F)Cl. The Kier molecular flexibility index (Phi) is 2.64. The topological polar surface area (TPSA) is 33.1 Å². The maximum absolute atomic E-state index is 12.7. The van der Waals surface area contributed by atoms with Gasteiger partial charge in [-0.05, 0) is 36.1 Å². The zero-order valence-corrected chi connectivity index (χ0v) is 8.59. The second kappa shape index (κ2) is 3.68. The fourth-order valence-electron chi connectivity index (χ4n) is 1.98. The Morgan fingerprint density at radius 2 is 2.33 bits per heavy atom. The first-order valence-corrected chi connectivity index (χ1v) is 5.06. The van der Waals surface area contributed by atoms with Crippen LogP contribution in [0.1, 0.15) is 23.6 Å². The normalized spacial score (nSPS) is 22.5. The van der Waals surface area contributed by atoms with E-state index in [2.05, 4.69) is 4.98 Å². The molecule has 0 saturated heterocycles. The summed E-state index contributed by atoms with van der Waals surface area (Å²) in [4.78, 5) is 4.02. The molecule has 1 aromatic heterocycles. The summed E-state index contributed by atoms with van der Waals surface area (Å²) >= 11 is 4.82. The van der Waals surface area contributed by atoms with Gasteiger partial charge in [0.1, 0.15) is 6.10 Å². The number of hydrogen-bond donors (Lipinski definition) is 1. The van der Waals surface area contributed by atoms with Crippen molar-refractivity contribution in [1.82, 2.24) is 4.98 Å². The second-order valence-corrected chi connectivity index (χ2v) is 4.18. The van der Waals surface area contributed by atoms with Gasteiger partial charge in [-0.15, -0.1) is 0 Å². The molecule has 0 bridgehead atoms. The molecule has 5 heteroatoms. The summed E-state index contributed by atoms with van der Waals surface area (Å²) in [7, 11) is 0. The Hall–Kier alpha value is -0.740. The number of aryl methyl sites for hydroxylation is 1. The molecule has 0 spiro atoms. The third-order valence-electron chi connectivity index (χ3n) is 2.72. The number of aromatic nitrogens is 1. The highest BCUT2D eigenvalue weighted by atomic mass is 35.5. The summed E-state index contributed by atoms with van der Waals surface area (Å²) in [5, 5.41) is 5.82. The van der Waals surface area contributed by atoms with Gasteiger partial charge >= 0.3 is 5.38 Å². The van der Waals surface area contributed by atoms with Crippen molar-refractivity contribution in [2.24, 2.45) is 0 Å². The lowest BCUT2D eigenvalue weighted by molar-refractivity contribution is -0.0546. The van der Waals surface area contributed by atoms with Crippen molar-refractivity contribution in [1.29, 1.82) is 0 Å². The minimum absolute atomic E-state index is 0.468. The first-order chi connectivity index (χ1) is 7.00. The van der Waals surface area contributed by atoms with Crippen LogP contribution < -0.4 is 0 Å². The first-order valence-electron chi connectivity index (χ1n) is 4.68. The molecule has 1 aliphatic rings. The zero-order valence-electron chi connectivity index (χ0n) is 7.83. The molecule has 0 amide bonds. The standard InChI is InChI=1S/C10H10ClF2NO/c11-10(12,13)9(15)7-4-3-6-2-1-5-14-8(6)7/h1-2,5,7,9,15H,3-4H2. The smallest absolute Gasteiger partial charge is 0.347 e. The summed E-state index contributed by atoms with van der Waals surface area (Å²) < 4.78 is 25.5. The van der Waals surface area contributed by atoms with Gasteiger partial charge < -0.3 is 5.11 Å². The van der Waals surface area contributed by atoms with E-state index in [0.29, 0.717) is 18.5 Å². The second-order valence-electron chi connectivity index (χ2n) is 3.68. The number of pyridine rings is 1. The van der Waals surface area contributed by atoms with E-state index >= 15 is 0 Å². The molecule has 0 aliphatic heterocycles. The van der Waals surface area contributed by atoms with Crippen LogP contribution in [-0.2, 0) is 6.42 Å². The molecule has 0 fully saturated rings. The molecule has 2 unspecified atom stereocenters. The number of alkyl halides is 3. The van der Waals surface area contributed by atoms with Gasteiger partial charge in [0.25, 0.3) is 0 Å². The molecule has 2 rings (SSSR count). The minimum Gasteiger partial charge on any atom is -0.385 e. The Balaban J connectivity index is 2.28. The van der Waals surface area contributed by atoms with E-state index in [9.17, 15) is 13.9 Å². The lowest BCUT2D eigenvalue weighted by Crippen LogP contribution is -2.33. The number of aliphatic hydroxyl groups is 1. The average Bonchev–Trinajstić information content (AvgIpc) is 2.58. The molecule has 0 saturated carbocycles. The molecule has 2 nitrogen and oxygen atoms in total. The van der Waals surface area contributed by atoms with E-state index < -0.39 is 17.4 Å². The number of halogens is 3. The third-order valence-corrected chi connectivity index (χ3v) is 2.94. The molecule has 2 atom stereocenters. The van der Waals surface area contributed by atoms with Gasteiger partial charge in [0, 0.05) is 17.8 Å². The van der Waals surface area contributed by atoms with Crippen molar-refractivity contribution in [2.45, 2.75) is 30.2 Å². The van der Waals surface area contributed by atoms with Crippen molar-refractivity contribution in [2.75, 3.05) is 0 Å². The van der Waals surface area contributed by atoms with Crippen molar-refractivity contribution in [3.63, 3.8) is 0 Å². The van der Waals surface area contributed by atoms with Crippen LogP contribution in [0.25, 0.3) is 0 Å². The van der Waals surface area contributed by atoms with Crippen LogP contribution in [0.4, 0.5) is 8.78 Å². The number of fused-ring (bicyclic) bond motifs is 1. The van der Waals surface area contributed by atoms with E-state index in [4.69, 9.17) is 11.6 Å². The highest BCUT2D eigenvalue weighted by Crippen LogP contribution is 2.40. The molecule has 1 heterocycles. The molecule has 0 radical (unpaired) electrons. The van der Waals surface area contributed by atoms with Crippen LogP contribution in [0.5, 0.6) is 0 Å². The molecular formula is C10H10ClF2NO. The molecule has 1 aliphatic carbocycles. The van der Waals surface area contributed by atoms with Crippen molar-refractivity contribution in [3.8, 4) is 0 Å². The van der Waals surface area contributed by atoms with Gasteiger partial charge in [-0.25, -0.2) is 0 Å². The first kappa shape index (κ1) is 10.8. The molecule has 1 aromatic rings. The Bertz CT molecular complexity index is 367. The van der Waals surface area contributed by atoms with Crippen LogP contribution in [0.3, 0.4) is 0 Å². The molecular weight excluding hydrogens is 224 g/mol. The van der Waals surface area contributed by atoms with Gasteiger partial charge in [0.2, 0.25) is 0 Å². The predicted octanol–water partition coefficient (Wildman–Crippen LogP) is 2.30.